The van der Waals surface area contributed by atoms with Gasteiger partial charge in [-0.1, -0.05) is 18.2 Å². The molecular weight excluding hydrogens is 278 g/mol. The Hall–Kier alpha value is -2.82. The summed E-state index contributed by atoms with van der Waals surface area (Å²) in [6.45, 7) is 0.729. The van der Waals surface area contributed by atoms with E-state index in [-0.39, 0.29) is 12.5 Å². The van der Waals surface area contributed by atoms with Crippen LogP contribution in [0.15, 0.2) is 55.0 Å². The van der Waals surface area contributed by atoms with E-state index in [9.17, 15) is 4.79 Å². The number of nitrogens with one attached hydrogen (secondary N) is 1. The highest BCUT2D eigenvalue weighted by atomic mass is 16.5. The number of rotatable bonds is 5. The number of fused-ring (bicyclic) bond motifs is 1. The minimum atomic E-state index is -0.0488. The fraction of sp³-hybridized carbons (Fsp3) is 0.176. The Labute approximate surface area is 128 Å². The molecule has 1 N–H and O–H groups in total. The van der Waals surface area contributed by atoms with E-state index in [0.29, 0.717) is 6.54 Å². The van der Waals surface area contributed by atoms with Crippen LogP contribution >= 0.6 is 0 Å². The highest BCUT2D eigenvalue weighted by molar-refractivity contribution is 5.87. The number of carbonyl (C=O) groups is 1. The molecule has 0 fully saturated rings. The molecule has 2 heterocycles. The minimum Gasteiger partial charge on any atom is -0.495 e. The molecule has 22 heavy (non-hydrogen) atoms. The topological polar surface area (TPSA) is 56.1 Å². The maximum atomic E-state index is 12.1. The number of aromatic nitrogens is 2. The van der Waals surface area contributed by atoms with Gasteiger partial charge in [0.15, 0.2) is 0 Å². The van der Waals surface area contributed by atoms with Gasteiger partial charge in [-0.25, -0.2) is 0 Å². The molecule has 0 unspecified atom stereocenters. The van der Waals surface area contributed by atoms with Crippen molar-refractivity contribution in [2.24, 2.45) is 0 Å². The van der Waals surface area contributed by atoms with Crippen LogP contribution in [0.1, 0.15) is 5.56 Å². The molecule has 2 aromatic heterocycles. The van der Waals surface area contributed by atoms with Crippen LogP contribution in [0.25, 0.3) is 10.9 Å². The SMILES string of the molecule is COc1cccc2ccn(CC(=O)NCc3cccnc3)c12. The minimum absolute atomic E-state index is 0.0488. The lowest BCUT2D eigenvalue weighted by molar-refractivity contribution is -0.121. The first kappa shape index (κ1) is 14.1. The molecular formula is C17H17N3O2. The van der Waals surface area contributed by atoms with Crippen LogP contribution in [0.2, 0.25) is 0 Å². The summed E-state index contributed by atoms with van der Waals surface area (Å²) < 4.78 is 7.27. The second kappa shape index (κ2) is 6.30. The van der Waals surface area contributed by atoms with E-state index in [4.69, 9.17) is 4.74 Å². The van der Waals surface area contributed by atoms with Crippen LogP contribution in [0.4, 0.5) is 0 Å². The van der Waals surface area contributed by atoms with E-state index in [1.807, 2.05) is 47.2 Å². The zero-order valence-electron chi connectivity index (χ0n) is 12.3. The molecule has 0 aliphatic carbocycles. The summed E-state index contributed by atoms with van der Waals surface area (Å²) in [6, 6.07) is 11.6. The lowest BCUT2D eigenvalue weighted by Gasteiger charge is -2.09. The first-order valence-corrected chi connectivity index (χ1v) is 7.05. The van der Waals surface area contributed by atoms with E-state index in [1.165, 1.54) is 0 Å². The third-order valence-electron chi connectivity index (χ3n) is 3.50. The molecule has 0 aliphatic rings. The number of benzene rings is 1. The predicted octanol–water partition coefficient (Wildman–Crippen LogP) is 2.36. The number of amides is 1. The normalized spacial score (nSPS) is 10.6. The van der Waals surface area contributed by atoms with Crippen LogP contribution < -0.4 is 10.1 Å². The first-order valence-electron chi connectivity index (χ1n) is 7.05. The number of para-hydroxylation sites is 1. The lowest BCUT2D eigenvalue weighted by atomic mass is 10.2. The Balaban J connectivity index is 1.72. The maximum absolute atomic E-state index is 12.1. The second-order valence-corrected chi connectivity index (χ2v) is 4.98. The van der Waals surface area contributed by atoms with Gasteiger partial charge < -0.3 is 14.6 Å². The fourth-order valence-corrected chi connectivity index (χ4v) is 2.44. The zero-order valence-corrected chi connectivity index (χ0v) is 12.3. The van der Waals surface area contributed by atoms with Gasteiger partial charge in [0.1, 0.15) is 12.3 Å². The monoisotopic (exact) mass is 295 g/mol. The molecule has 1 aromatic carbocycles. The quantitative estimate of drug-likeness (QED) is 0.786. The number of hydrogen-bond acceptors (Lipinski definition) is 3. The first-order chi connectivity index (χ1) is 10.8. The van der Waals surface area contributed by atoms with Gasteiger partial charge in [0.25, 0.3) is 0 Å². The number of ether oxygens (including phenoxy) is 1. The van der Waals surface area contributed by atoms with E-state index >= 15 is 0 Å². The highest BCUT2D eigenvalue weighted by Crippen LogP contribution is 2.26. The molecule has 112 valence electrons. The standard InChI is InChI=1S/C17H17N3O2/c1-22-15-6-2-5-14-7-9-20(17(14)15)12-16(21)19-11-13-4-3-8-18-10-13/h2-10H,11-12H2,1H3,(H,19,21). The summed E-state index contributed by atoms with van der Waals surface area (Å²) in [6.07, 6.45) is 5.36. The van der Waals surface area contributed by atoms with Crippen molar-refractivity contribution in [1.82, 2.24) is 14.9 Å². The predicted molar refractivity (Wildman–Crippen MR) is 84.6 cm³/mol. The van der Waals surface area contributed by atoms with Gasteiger partial charge in [0, 0.05) is 30.5 Å². The molecule has 0 saturated carbocycles. The van der Waals surface area contributed by atoms with Gasteiger partial charge in [0.2, 0.25) is 5.91 Å². The molecule has 0 spiro atoms. The van der Waals surface area contributed by atoms with Gasteiger partial charge in [-0.05, 0) is 23.8 Å². The van der Waals surface area contributed by atoms with Crippen molar-refractivity contribution < 1.29 is 9.53 Å². The van der Waals surface area contributed by atoms with Gasteiger partial charge in [-0.3, -0.25) is 9.78 Å². The van der Waals surface area contributed by atoms with Crippen molar-refractivity contribution in [3.8, 4) is 5.75 Å². The lowest BCUT2D eigenvalue weighted by Crippen LogP contribution is -2.26. The molecule has 3 aromatic rings. The highest BCUT2D eigenvalue weighted by Gasteiger charge is 2.10. The molecule has 5 heteroatoms. The van der Waals surface area contributed by atoms with Crippen molar-refractivity contribution in [2.45, 2.75) is 13.1 Å². The van der Waals surface area contributed by atoms with E-state index in [0.717, 1.165) is 22.2 Å². The van der Waals surface area contributed by atoms with Crippen molar-refractivity contribution in [3.63, 3.8) is 0 Å². The second-order valence-electron chi connectivity index (χ2n) is 4.98. The van der Waals surface area contributed by atoms with Crippen LogP contribution in [0.5, 0.6) is 5.75 Å². The Kier molecular flexibility index (Phi) is 4.05. The summed E-state index contributed by atoms with van der Waals surface area (Å²) in [4.78, 5) is 16.2. The molecule has 0 bridgehead atoms. The zero-order chi connectivity index (χ0) is 15.4. The molecule has 0 radical (unpaired) electrons. The van der Waals surface area contributed by atoms with Crippen molar-refractivity contribution in [2.75, 3.05) is 7.11 Å². The summed E-state index contributed by atoms with van der Waals surface area (Å²) in [7, 11) is 1.63. The molecule has 0 saturated heterocycles. The maximum Gasteiger partial charge on any atom is 0.240 e. The third-order valence-corrected chi connectivity index (χ3v) is 3.50. The number of nitrogens with zero attached hydrogens (tertiary/aromatic N) is 2. The van der Waals surface area contributed by atoms with Gasteiger partial charge >= 0.3 is 0 Å². The Bertz CT molecular complexity index is 781. The van der Waals surface area contributed by atoms with Crippen molar-refractivity contribution >= 4 is 16.8 Å². The summed E-state index contributed by atoms with van der Waals surface area (Å²) in [5.41, 5.74) is 1.91. The number of methoxy groups -OCH3 is 1. The third kappa shape index (κ3) is 2.93. The van der Waals surface area contributed by atoms with Crippen LogP contribution in [-0.4, -0.2) is 22.6 Å². The van der Waals surface area contributed by atoms with Crippen molar-refractivity contribution in [1.29, 1.82) is 0 Å². The average Bonchev–Trinajstić information content (AvgIpc) is 2.97. The molecule has 5 nitrogen and oxygen atoms in total. The molecule has 1 amide bonds. The van der Waals surface area contributed by atoms with Crippen LogP contribution in [0, 0.1) is 0 Å². The Morgan fingerprint density at radius 2 is 2.18 bits per heavy atom. The summed E-state index contributed by atoms with van der Waals surface area (Å²) in [5, 5.41) is 3.95. The number of pyridine rings is 1. The van der Waals surface area contributed by atoms with Gasteiger partial charge in [-0.15, -0.1) is 0 Å². The van der Waals surface area contributed by atoms with Gasteiger partial charge in [-0.2, -0.15) is 0 Å². The average molecular weight is 295 g/mol. The van der Waals surface area contributed by atoms with Crippen LogP contribution in [-0.2, 0) is 17.9 Å². The largest absolute Gasteiger partial charge is 0.495 e. The van der Waals surface area contributed by atoms with Crippen LogP contribution in [0.3, 0.4) is 0 Å². The van der Waals surface area contributed by atoms with E-state index < -0.39 is 0 Å². The summed E-state index contributed by atoms with van der Waals surface area (Å²) >= 11 is 0. The number of hydrogen-bond donors (Lipinski definition) is 1. The van der Waals surface area contributed by atoms with E-state index in [2.05, 4.69) is 10.3 Å². The molecule has 0 aliphatic heterocycles. The Morgan fingerprint density at radius 3 is 2.95 bits per heavy atom. The molecule has 3 rings (SSSR count). The van der Waals surface area contributed by atoms with Gasteiger partial charge in [0.05, 0.1) is 12.6 Å². The van der Waals surface area contributed by atoms with E-state index in [1.54, 1.807) is 19.5 Å². The Morgan fingerprint density at radius 1 is 1.27 bits per heavy atom. The fourth-order valence-electron chi connectivity index (χ4n) is 2.44. The number of carbonyl (C=O) groups excluding carboxylic acids is 1. The summed E-state index contributed by atoms with van der Waals surface area (Å²) in [5.74, 6) is 0.717. The molecule has 0 atom stereocenters. The van der Waals surface area contributed by atoms with Crippen molar-refractivity contribution in [3.05, 3.63) is 60.6 Å². The smallest absolute Gasteiger partial charge is 0.240 e.